The Bertz CT molecular complexity index is 878. The van der Waals surface area contributed by atoms with Gasteiger partial charge in [-0.3, -0.25) is 4.98 Å². The molecule has 0 amide bonds. The standard InChI is InChI=1S/C21H23NO5/c1-13(2)5-10-17-18(27-4)11-14(19(20(17)23)21(24)25)6-7-15-8-9-16(26-3)12-22-15/h5-9,11-12,23H,10H2,1-4H3,(H,24,25). The number of nitrogens with zero attached hydrogens (tertiary/aromatic N) is 1. The molecule has 2 N–H and O–H groups in total. The molecule has 6 nitrogen and oxygen atoms in total. The number of pyridine rings is 1. The third-order valence-corrected chi connectivity index (χ3v) is 3.97. The van der Waals surface area contributed by atoms with Crippen molar-refractivity contribution in [1.82, 2.24) is 4.98 Å². The van der Waals surface area contributed by atoms with E-state index in [0.29, 0.717) is 34.7 Å². The van der Waals surface area contributed by atoms with Gasteiger partial charge in [0.1, 0.15) is 22.8 Å². The Balaban J connectivity index is 2.51. The van der Waals surface area contributed by atoms with Crippen molar-refractivity contribution in [3.8, 4) is 17.2 Å². The average molecular weight is 369 g/mol. The van der Waals surface area contributed by atoms with Crippen LogP contribution >= 0.6 is 0 Å². The van der Waals surface area contributed by atoms with Gasteiger partial charge >= 0.3 is 5.97 Å². The number of aromatic carboxylic acids is 1. The summed E-state index contributed by atoms with van der Waals surface area (Å²) in [6.45, 7) is 3.86. The summed E-state index contributed by atoms with van der Waals surface area (Å²) in [5.74, 6) is -0.448. The monoisotopic (exact) mass is 369 g/mol. The van der Waals surface area contributed by atoms with Crippen LogP contribution in [0.25, 0.3) is 12.2 Å². The normalized spacial score (nSPS) is 10.7. The second-order valence-electron chi connectivity index (χ2n) is 6.12. The number of hydrogen-bond donors (Lipinski definition) is 2. The lowest BCUT2D eigenvalue weighted by Crippen LogP contribution is -2.04. The molecule has 0 aliphatic carbocycles. The molecule has 2 aromatic rings. The molecule has 2 rings (SSSR count). The third-order valence-electron chi connectivity index (χ3n) is 3.97. The van der Waals surface area contributed by atoms with Gasteiger partial charge in [0.25, 0.3) is 0 Å². The Labute approximate surface area is 158 Å². The predicted molar refractivity (Wildman–Crippen MR) is 104 cm³/mol. The van der Waals surface area contributed by atoms with Crippen molar-refractivity contribution in [1.29, 1.82) is 0 Å². The van der Waals surface area contributed by atoms with Crippen molar-refractivity contribution in [2.75, 3.05) is 14.2 Å². The second kappa shape index (κ2) is 8.89. The third kappa shape index (κ3) is 4.88. The zero-order valence-corrected chi connectivity index (χ0v) is 15.8. The van der Waals surface area contributed by atoms with Crippen LogP contribution in [0.5, 0.6) is 17.2 Å². The van der Waals surface area contributed by atoms with Gasteiger partial charge in [-0.1, -0.05) is 17.7 Å². The SMILES string of the molecule is COc1ccc(C=Cc2cc(OC)c(CC=C(C)C)c(O)c2C(=O)O)nc1. The number of ether oxygens (including phenoxy) is 2. The Morgan fingerprint density at radius 1 is 1.19 bits per heavy atom. The van der Waals surface area contributed by atoms with Crippen molar-refractivity contribution < 1.29 is 24.5 Å². The van der Waals surface area contributed by atoms with Gasteiger partial charge in [0.05, 0.1) is 26.1 Å². The Morgan fingerprint density at radius 3 is 2.44 bits per heavy atom. The maximum atomic E-state index is 11.7. The van der Waals surface area contributed by atoms with Gasteiger partial charge in [0, 0.05) is 5.56 Å². The van der Waals surface area contributed by atoms with Gasteiger partial charge in [0.15, 0.2) is 0 Å². The number of allylic oxidation sites excluding steroid dienone is 2. The summed E-state index contributed by atoms with van der Waals surface area (Å²) in [6, 6.07) is 5.11. The van der Waals surface area contributed by atoms with Crippen LogP contribution in [-0.2, 0) is 6.42 Å². The van der Waals surface area contributed by atoms with Crippen LogP contribution in [0.15, 0.2) is 36.0 Å². The number of aromatic nitrogens is 1. The summed E-state index contributed by atoms with van der Waals surface area (Å²) in [7, 11) is 3.04. The van der Waals surface area contributed by atoms with E-state index in [9.17, 15) is 15.0 Å². The average Bonchev–Trinajstić information content (AvgIpc) is 2.64. The van der Waals surface area contributed by atoms with Crippen molar-refractivity contribution in [3.63, 3.8) is 0 Å². The molecule has 0 spiro atoms. The number of carboxylic acid groups (broad SMARTS) is 1. The molecule has 142 valence electrons. The molecule has 0 radical (unpaired) electrons. The van der Waals surface area contributed by atoms with E-state index in [-0.39, 0.29) is 11.3 Å². The zero-order chi connectivity index (χ0) is 20.0. The van der Waals surface area contributed by atoms with E-state index in [2.05, 4.69) is 4.98 Å². The van der Waals surface area contributed by atoms with Gasteiger partial charge in [-0.2, -0.15) is 0 Å². The highest BCUT2D eigenvalue weighted by Gasteiger charge is 2.21. The quantitative estimate of drug-likeness (QED) is 0.712. The topological polar surface area (TPSA) is 88.9 Å². The molecule has 1 heterocycles. The van der Waals surface area contributed by atoms with Gasteiger partial charge in [-0.05, 0) is 50.1 Å². The van der Waals surface area contributed by atoms with E-state index < -0.39 is 5.97 Å². The molecule has 27 heavy (non-hydrogen) atoms. The summed E-state index contributed by atoms with van der Waals surface area (Å²) in [4.78, 5) is 16.0. The van der Waals surface area contributed by atoms with Crippen molar-refractivity contribution in [3.05, 3.63) is 58.4 Å². The van der Waals surface area contributed by atoms with E-state index >= 15 is 0 Å². The number of methoxy groups -OCH3 is 2. The zero-order valence-electron chi connectivity index (χ0n) is 15.8. The van der Waals surface area contributed by atoms with E-state index in [0.717, 1.165) is 5.57 Å². The molecule has 0 unspecified atom stereocenters. The molecule has 0 atom stereocenters. The molecular formula is C21H23NO5. The van der Waals surface area contributed by atoms with Gasteiger partial charge < -0.3 is 19.7 Å². The maximum absolute atomic E-state index is 11.7. The molecule has 0 saturated heterocycles. The van der Waals surface area contributed by atoms with Crippen LogP contribution < -0.4 is 9.47 Å². The maximum Gasteiger partial charge on any atom is 0.340 e. The number of benzene rings is 1. The molecule has 0 aliphatic heterocycles. The molecule has 0 bridgehead atoms. The van der Waals surface area contributed by atoms with E-state index in [4.69, 9.17) is 9.47 Å². The molecule has 1 aromatic heterocycles. The predicted octanol–water partition coefficient (Wildman–Crippen LogP) is 4.18. The summed E-state index contributed by atoms with van der Waals surface area (Å²) >= 11 is 0. The summed E-state index contributed by atoms with van der Waals surface area (Å²) < 4.78 is 10.4. The number of phenols is 1. The lowest BCUT2D eigenvalue weighted by atomic mass is 9.97. The Kier molecular flexibility index (Phi) is 6.60. The lowest BCUT2D eigenvalue weighted by molar-refractivity contribution is 0.0693. The molecular weight excluding hydrogens is 346 g/mol. The van der Waals surface area contributed by atoms with Gasteiger partial charge in [-0.15, -0.1) is 0 Å². The smallest absolute Gasteiger partial charge is 0.340 e. The first kappa shape index (κ1) is 20.0. The highest BCUT2D eigenvalue weighted by Crippen LogP contribution is 2.36. The Morgan fingerprint density at radius 2 is 1.93 bits per heavy atom. The minimum absolute atomic E-state index is 0.169. The fraction of sp³-hybridized carbons (Fsp3) is 0.238. The number of aromatic hydroxyl groups is 1. The summed E-state index contributed by atoms with van der Waals surface area (Å²) in [6.07, 6.45) is 7.10. The molecule has 0 fully saturated rings. The summed E-state index contributed by atoms with van der Waals surface area (Å²) in [5.41, 5.74) is 2.28. The number of hydrogen-bond acceptors (Lipinski definition) is 5. The first-order chi connectivity index (χ1) is 12.9. The summed E-state index contributed by atoms with van der Waals surface area (Å²) in [5, 5.41) is 20.2. The molecule has 6 heteroatoms. The highest BCUT2D eigenvalue weighted by molar-refractivity contribution is 5.97. The van der Waals surface area contributed by atoms with E-state index in [1.54, 1.807) is 43.7 Å². The van der Waals surface area contributed by atoms with Gasteiger partial charge in [0.2, 0.25) is 0 Å². The fourth-order valence-electron chi connectivity index (χ4n) is 2.53. The van der Waals surface area contributed by atoms with Crippen molar-refractivity contribution >= 4 is 18.1 Å². The van der Waals surface area contributed by atoms with Crippen LogP contribution in [0, 0.1) is 0 Å². The number of rotatable bonds is 7. The Hall–Kier alpha value is -3.28. The minimum Gasteiger partial charge on any atom is -0.507 e. The van der Waals surface area contributed by atoms with Crippen LogP contribution in [0.1, 0.15) is 41.0 Å². The fourth-order valence-corrected chi connectivity index (χ4v) is 2.53. The lowest BCUT2D eigenvalue weighted by Gasteiger charge is -2.14. The second-order valence-corrected chi connectivity index (χ2v) is 6.12. The van der Waals surface area contributed by atoms with Crippen molar-refractivity contribution in [2.24, 2.45) is 0 Å². The van der Waals surface area contributed by atoms with Crippen molar-refractivity contribution in [2.45, 2.75) is 20.3 Å². The molecule has 1 aromatic carbocycles. The molecule has 0 aliphatic rings. The minimum atomic E-state index is -1.21. The highest BCUT2D eigenvalue weighted by atomic mass is 16.5. The van der Waals surface area contributed by atoms with E-state index in [1.165, 1.54) is 7.11 Å². The number of carboxylic acids is 1. The van der Waals surface area contributed by atoms with Gasteiger partial charge in [-0.25, -0.2) is 4.79 Å². The largest absolute Gasteiger partial charge is 0.507 e. The first-order valence-electron chi connectivity index (χ1n) is 8.35. The van der Waals surface area contributed by atoms with Crippen LogP contribution in [0.2, 0.25) is 0 Å². The van der Waals surface area contributed by atoms with Crippen LogP contribution in [-0.4, -0.2) is 35.4 Å². The van der Waals surface area contributed by atoms with Crippen LogP contribution in [0.4, 0.5) is 0 Å². The first-order valence-corrected chi connectivity index (χ1v) is 8.35. The number of carbonyl (C=O) groups is 1. The molecule has 0 saturated carbocycles. The van der Waals surface area contributed by atoms with Crippen LogP contribution in [0.3, 0.4) is 0 Å². The van der Waals surface area contributed by atoms with E-state index in [1.807, 2.05) is 19.9 Å².